The molecule has 1 unspecified atom stereocenters. The molecule has 1 amide bonds. The molecule has 0 aliphatic rings. The molecule has 0 radical (unpaired) electrons. The van der Waals surface area contributed by atoms with E-state index in [1.165, 1.54) is 14.0 Å². The maximum Gasteiger partial charge on any atom is 0.222 e. The Bertz CT molecular complexity index is 213. The van der Waals surface area contributed by atoms with Gasteiger partial charge in [0, 0.05) is 13.7 Å². The Hall–Kier alpha value is -0.650. The van der Waals surface area contributed by atoms with Crippen molar-refractivity contribution in [1.29, 1.82) is 0 Å². The molecule has 15 heavy (non-hydrogen) atoms. The number of ether oxygens (including phenoxy) is 1. The van der Waals surface area contributed by atoms with Crippen LogP contribution in [0.1, 0.15) is 27.2 Å². The van der Waals surface area contributed by atoms with E-state index in [1.807, 2.05) is 0 Å². The van der Waals surface area contributed by atoms with Crippen LogP contribution in [0.2, 0.25) is 0 Å². The molecule has 0 aliphatic carbocycles. The van der Waals surface area contributed by atoms with Crippen LogP contribution >= 0.6 is 0 Å². The van der Waals surface area contributed by atoms with Crippen molar-refractivity contribution in [3.63, 3.8) is 0 Å². The number of hydrogen-bond donors (Lipinski definition) is 3. The molecular weight excluding hydrogens is 198 g/mol. The maximum atomic E-state index is 11.4. The number of nitrogens with one attached hydrogen (secondary N) is 1. The second-order valence-corrected chi connectivity index (χ2v) is 4.57. The quantitative estimate of drug-likeness (QED) is 0.571. The van der Waals surface area contributed by atoms with Crippen LogP contribution in [0.3, 0.4) is 0 Å². The molecule has 0 saturated heterocycles. The fraction of sp³-hybridized carbons (Fsp3) is 0.900. The molecule has 0 saturated carbocycles. The number of rotatable bonds is 6. The molecule has 90 valence electrons. The third-order valence-corrected chi connectivity index (χ3v) is 2.15. The molecule has 0 aromatic carbocycles. The number of aliphatic hydroxyl groups is 2. The van der Waals surface area contributed by atoms with E-state index < -0.39 is 11.2 Å². The van der Waals surface area contributed by atoms with Gasteiger partial charge in [0.15, 0.2) is 0 Å². The summed E-state index contributed by atoms with van der Waals surface area (Å²) in [5.41, 5.74) is -1.79. The van der Waals surface area contributed by atoms with Gasteiger partial charge in [-0.3, -0.25) is 4.79 Å². The topological polar surface area (TPSA) is 78.8 Å². The van der Waals surface area contributed by atoms with Crippen molar-refractivity contribution < 1.29 is 19.7 Å². The van der Waals surface area contributed by atoms with Crippen molar-refractivity contribution in [2.75, 3.05) is 20.3 Å². The van der Waals surface area contributed by atoms with Gasteiger partial charge < -0.3 is 20.3 Å². The molecule has 0 heterocycles. The Labute approximate surface area is 90.4 Å². The van der Waals surface area contributed by atoms with Crippen LogP contribution in [0.5, 0.6) is 0 Å². The van der Waals surface area contributed by atoms with E-state index in [-0.39, 0.29) is 25.5 Å². The number of amides is 1. The van der Waals surface area contributed by atoms with Gasteiger partial charge in [0.25, 0.3) is 0 Å². The second kappa shape index (κ2) is 5.44. The second-order valence-electron chi connectivity index (χ2n) is 4.57. The summed E-state index contributed by atoms with van der Waals surface area (Å²) in [6.07, 6.45) is 0.213. The summed E-state index contributed by atoms with van der Waals surface area (Å²) in [6, 6.07) is 0. The maximum absolute atomic E-state index is 11.4. The third-order valence-electron chi connectivity index (χ3n) is 2.15. The van der Waals surface area contributed by atoms with Crippen molar-refractivity contribution in [2.45, 2.75) is 38.4 Å². The summed E-state index contributed by atoms with van der Waals surface area (Å²) in [4.78, 5) is 11.4. The van der Waals surface area contributed by atoms with E-state index in [0.717, 1.165) is 0 Å². The number of aliphatic hydroxyl groups excluding tert-OH is 1. The first kappa shape index (κ1) is 14.3. The van der Waals surface area contributed by atoms with Crippen LogP contribution in [-0.2, 0) is 9.53 Å². The van der Waals surface area contributed by atoms with Crippen molar-refractivity contribution in [1.82, 2.24) is 5.32 Å². The highest BCUT2D eigenvalue weighted by Crippen LogP contribution is 2.12. The zero-order valence-electron chi connectivity index (χ0n) is 9.83. The van der Waals surface area contributed by atoms with E-state index in [0.29, 0.717) is 0 Å². The lowest BCUT2D eigenvalue weighted by atomic mass is 10.0. The van der Waals surface area contributed by atoms with Crippen LogP contribution in [0.4, 0.5) is 0 Å². The fourth-order valence-electron chi connectivity index (χ4n) is 0.866. The summed E-state index contributed by atoms with van der Waals surface area (Å²) in [6.45, 7) is 4.70. The van der Waals surface area contributed by atoms with Gasteiger partial charge in [-0.25, -0.2) is 0 Å². The molecule has 0 aliphatic heterocycles. The molecule has 0 spiro atoms. The monoisotopic (exact) mass is 219 g/mol. The summed E-state index contributed by atoms with van der Waals surface area (Å²) < 4.78 is 5.09. The SMILES string of the molecule is COC(C)(C)CC(=O)NCC(C)(O)CO. The minimum absolute atomic E-state index is 0.0299. The van der Waals surface area contributed by atoms with Gasteiger partial charge >= 0.3 is 0 Å². The Balaban J connectivity index is 3.96. The van der Waals surface area contributed by atoms with E-state index in [4.69, 9.17) is 9.84 Å². The first-order chi connectivity index (χ1) is 6.72. The molecule has 0 fully saturated rings. The third kappa shape index (κ3) is 6.43. The van der Waals surface area contributed by atoms with E-state index >= 15 is 0 Å². The molecule has 0 aromatic heterocycles. The lowest BCUT2D eigenvalue weighted by Gasteiger charge is -2.24. The van der Waals surface area contributed by atoms with Crippen LogP contribution in [-0.4, -0.2) is 47.6 Å². The van der Waals surface area contributed by atoms with Gasteiger partial charge in [-0.15, -0.1) is 0 Å². The molecule has 3 N–H and O–H groups in total. The first-order valence-corrected chi connectivity index (χ1v) is 4.87. The largest absolute Gasteiger partial charge is 0.393 e. The highest BCUT2D eigenvalue weighted by Gasteiger charge is 2.24. The number of methoxy groups -OCH3 is 1. The predicted octanol–water partition coefficient (Wildman–Crippen LogP) is -0.339. The lowest BCUT2D eigenvalue weighted by Crippen LogP contribution is -2.44. The summed E-state index contributed by atoms with van der Waals surface area (Å²) in [5.74, 6) is -0.212. The van der Waals surface area contributed by atoms with Crippen molar-refractivity contribution in [3.05, 3.63) is 0 Å². The van der Waals surface area contributed by atoms with Crippen molar-refractivity contribution in [3.8, 4) is 0 Å². The summed E-state index contributed by atoms with van der Waals surface area (Å²) in [7, 11) is 1.54. The Kier molecular flexibility index (Phi) is 5.20. The van der Waals surface area contributed by atoms with Crippen LogP contribution in [0.25, 0.3) is 0 Å². The minimum atomic E-state index is -1.27. The van der Waals surface area contributed by atoms with Gasteiger partial charge in [0.2, 0.25) is 5.91 Å². The van der Waals surface area contributed by atoms with Gasteiger partial charge in [-0.2, -0.15) is 0 Å². The van der Waals surface area contributed by atoms with Crippen LogP contribution < -0.4 is 5.32 Å². The van der Waals surface area contributed by atoms with E-state index in [1.54, 1.807) is 13.8 Å². The molecule has 0 rings (SSSR count). The van der Waals surface area contributed by atoms with Gasteiger partial charge in [-0.1, -0.05) is 0 Å². The predicted molar refractivity (Wildman–Crippen MR) is 56.4 cm³/mol. The average Bonchev–Trinajstić information content (AvgIpc) is 2.15. The van der Waals surface area contributed by atoms with Crippen LogP contribution in [0.15, 0.2) is 0 Å². The standard InChI is InChI=1S/C10H21NO4/c1-9(2,15-4)5-8(13)11-6-10(3,14)7-12/h12,14H,5-7H2,1-4H3,(H,11,13). The Morgan fingerprint density at radius 1 is 1.40 bits per heavy atom. The lowest BCUT2D eigenvalue weighted by molar-refractivity contribution is -0.127. The Morgan fingerprint density at radius 2 is 1.93 bits per heavy atom. The minimum Gasteiger partial charge on any atom is -0.393 e. The van der Waals surface area contributed by atoms with Gasteiger partial charge in [0.05, 0.1) is 18.6 Å². The Morgan fingerprint density at radius 3 is 2.33 bits per heavy atom. The zero-order chi connectivity index (χ0) is 12.1. The van der Waals surface area contributed by atoms with Crippen molar-refractivity contribution >= 4 is 5.91 Å². The molecule has 5 heteroatoms. The number of carbonyl (C=O) groups is 1. The molecule has 5 nitrogen and oxygen atoms in total. The highest BCUT2D eigenvalue weighted by atomic mass is 16.5. The van der Waals surface area contributed by atoms with Gasteiger partial charge in [0.1, 0.15) is 5.60 Å². The average molecular weight is 219 g/mol. The summed E-state index contributed by atoms with van der Waals surface area (Å²) in [5, 5.41) is 20.7. The molecule has 1 atom stereocenters. The zero-order valence-corrected chi connectivity index (χ0v) is 9.83. The van der Waals surface area contributed by atoms with Gasteiger partial charge in [-0.05, 0) is 20.8 Å². The van der Waals surface area contributed by atoms with E-state index in [2.05, 4.69) is 5.32 Å². The fourth-order valence-corrected chi connectivity index (χ4v) is 0.866. The normalized spacial score (nSPS) is 15.9. The summed E-state index contributed by atoms with van der Waals surface area (Å²) >= 11 is 0. The molecule has 0 aromatic rings. The van der Waals surface area contributed by atoms with Crippen molar-refractivity contribution in [2.24, 2.45) is 0 Å². The first-order valence-electron chi connectivity index (χ1n) is 4.87. The number of hydrogen-bond acceptors (Lipinski definition) is 4. The van der Waals surface area contributed by atoms with E-state index in [9.17, 15) is 9.90 Å². The molecule has 0 bridgehead atoms. The smallest absolute Gasteiger partial charge is 0.222 e. The number of carbonyl (C=O) groups excluding carboxylic acids is 1. The van der Waals surface area contributed by atoms with Crippen LogP contribution in [0, 0.1) is 0 Å². The highest BCUT2D eigenvalue weighted by molar-refractivity contribution is 5.77. The molecular formula is C10H21NO4.